The first kappa shape index (κ1) is 16.3. The Kier molecular flexibility index (Phi) is 3.68. The number of hydrogen-bond acceptors (Lipinski definition) is 3. The predicted molar refractivity (Wildman–Crippen MR) is 89.2 cm³/mol. The van der Waals surface area contributed by atoms with Crippen LogP contribution in [0.1, 0.15) is 58.3 Å². The quantitative estimate of drug-likeness (QED) is 0.814. The number of carboxylic acid groups (broad SMARTS) is 1. The molecule has 4 nitrogen and oxygen atoms in total. The molecule has 0 aromatic rings. The average Bonchev–Trinajstić information content (AvgIpc) is 2.91. The van der Waals surface area contributed by atoms with Crippen LogP contribution in [0, 0.1) is 34.5 Å². The lowest BCUT2D eigenvalue weighted by molar-refractivity contribution is -0.150. The van der Waals surface area contributed by atoms with Crippen molar-refractivity contribution in [3.8, 4) is 0 Å². The Morgan fingerprint density at radius 1 is 1.17 bits per heavy atom. The maximum Gasteiger partial charge on any atom is 0.307 e. The number of aliphatic carboxylic acids is 1. The van der Waals surface area contributed by atoms with Gasteiger partial charge in [-0.1, -0.05) is 12.5 Å². The molecule has 6 atom stereocenters. The summed E-state index contributed by atoms with van der Waals surface area (Å²) < 4.78 is 0. The third kappa shape index (κ3) is 2.01. The summed E-state index contributed by atoms with van der Waals surface area (Å²) in [5, 5.41) is 19.9. The molecule has 4 aliphatic carbocycles. The van der Waals surface area contributed by atoms with E-state index in [1.165, 1.54) is 5.57 Å². The second-order valence-electron chi connectivity index (χ2n) is 8.88. The summed E-state index contributed by atoms with van der Waals surface area (Å²) in [4.78, 5) is 23.6. The molecule has 24 heavy (non-hydrogen) atoms. The molecule has 0 saturated heterocycles. The molecule has 0 radical (unpaired) electrons. The molecule has 0 spiro atoms. The topological polar surface area (TPSA) is 74.6 Å². The van der Waals surface area contributed by atoms with Gasteiger partial charge in [-0.2, -0.15) is 0 Å². The molecule has 4 aliphatic rings. The zero-order chi connectivity index (χ0) is 17.1. The molecule has 0 heterocycles. The SMILES string of the molecule is C[C@@]12CC[C@@H]3[C@H](CCC4=CC(=O)CC[C@]43CO)[C@H]1CC[C@H]2C(=O)O. The third-order valence-electron chi connectivity index (χ3n) is 8.27. The fourth-order valence-electron chi connectivity index (χ4n) is 7.06. The first-order chi connectivity index (χ1) is 11.4. The normalized spacial score (nSPS) is 47.4. The van der Waals surface area contributed by atoms with E-state index >= 15 is 0 Å². The van der Waals surface area contributed by atoms with E-state index in [1.807, 2.05) is 6.08 Å². The molecule has 4 rings (SSSR count). The van der Waals surface area contributed by atoms with E-state index in [0.29, 0.717) is 24.2 Å². The van der Waals surface area contributed by atoms with E-state index in [9.17, 15) is 19.8 Å². The van der Waals surface area contributed by atoms with Crippen molar-refractivity contribution in [1.29, 1.82) is 0 Å². The van der Waals surface area contributed by atoms with Crippen LogP contribution in [0.25, 0.3) is 0 Å². The van der Waals surface area contributed by atoms with Gasteiger partial charge in [0.15, 0.2) is 5.78 Å². The molecule has 132 valence electrons. The number of aliphatic hydroxyl groups is 1. The number of carboxylic acids is 1. The minimum absolute atomic E-state index is 0.0879. The van der Waals surface area contributed by atoms with Gasteiger partial charge in [-0.15, -0.1) is 0 Å². The standard InChI is InChI=1S/C20H28O4/c1-19-8-7-16-14(15(19)4-5-17(19)18(23)24)3-2-12-10-13(22)6-9-20(12,16)11-21/h10,14-17,21H,2-9,11H2,1H3,(H,23,24)/t14-,15-,16-,17+,19-,20+/m1/s1. The van der Waals surface area contributed by atoms with Crippen molar-refractivity contribution in [1.82, 2.24) is 0 Å². The largest absolute Gasteiger partial charge is 0.481 e. The van der Waals surface area contributed by atoms with Crippen molar-refractivity contribution >= 4 is 11.8 Å². The summed E-state index contributed by atoms with van der Waals surface area (Å²) in [7, 11) is 0. The van der Waals surface area contributed by atoms with Crippen LogP contribution in [0.2, 0.25) is 0 Å². The number of rotatable bonds is 2. The smallest absolute Gasteiger partial charge is 0.307 e. The Bertz CT molecular complexity index is 609. The summed E-state index contributed by atoms with van der Waals surface area (Å²) in [6.07, 6.45) is 8.84. The van der Waals surface area contributed by atoms with E-state index in [1.54, 1.807) is 0 Å². The molecule has 3 saturated carbocycles. The molecule has 4 heteroatoms. The zero-order valence-electron chi connectivity index (χ0n) is 14.5. The Labute approximate surface area is 143 Å². The van der Waals surface area contributed by atoms with Crippen molar-refractivity contribution < 1.29 is 19.8 Å². The van der Waals surface area contributed by atoms with Crippen molar-refractivity contribution in [3.63, 3.8) is 0 Å². The first-order valence-electron chi connectivity index (χ1n) is 9.50. The summed E-state index contributed by atoms with van der Waals surface area (Å²) in [5.41, 5.74) is 0.883. The van der Waals surface area contributed by atoms with Crippen LogP contribution in [0.5, 0.6) is 0 Å². The van der Waals surface area contributed by atoms with Gasteiger partial charge >= 0.3 is 5.97 Å². The Hall–Kier alpha value is -1.16. The molecule has 3 fully saturated rings. The van der Waals surface area contributed by atoms with Crippen LogP contribution in [0.4, 0.5) is 0 Å². The average molecular weight is 332 g/mol. The monoisotopic (exact) mass is 332 g/mol. The van der Waals surface area contributed by atoms with Gasteiger partial charge in [0.05, 0.1) is 12.5 Å². The molecule has 0 unspecified atom stereocenters. The van der Waals surface area contributed by atoms with E-state index in [4.69, 9.17) is 0 Å². The van der Waals surface area contributed by atoms with E-state index in [2.05, 4.69) is 6.92 Å². The second kappa shape index (κ2) is 5.42. The molecule has 0 amide bonds. The Morgan fingerprint density at radius 2 is 1.96 bits per heavy atom. The molecule has 0 aromatic heterocycles. The van der Waals surface area contributed by atoms with E-state index in [-0.39, 0.29) is 29.1 Å². The highest BCUT2D eigenvalue weighted by molar-refractivity contribution is 5.91. The maximum atomic E-state index is 11.9. The maximum absolute atomic E-state index is 11.9. The van der Waals surface area contributed by atoms with Crippen LogP contribution in [0.3, 0.4) is 0 Å². The fraction of sp³-hybridized carbons (Fsp3) is 0.800. The second-order valence-corrected chi connectivity index (χ2v) is 8.88. The van der Waals surface area contributed by atoms with Gasteiger partial charge in [-0.05, 0) is 74.2 Å². The molecule has 2 N–H and O–H groups in total. The molecular formula is C20H28O4. The molecule has 0 aliphatic heterocycles. The number of carbonyl (C=O) groups is 2. The minimum Gasteiger partial charge on any atom is -0.481 e. The van der Waals surface area contributed by atoms with Gasteiger partial charge in [0.1, 0.15) is 0 Å². The first-order valence-corrected chi connectivity index (χ1v) is 9.50. The third-order valence-corrected chi connectivity index (χ3v) is 8.27. The van der Waals surface area contributed by atoms with Gasteiger partial charge in [-0.25, -0.2) is 0 Å². The summed E-state index contributed by atoms with van der Waals surface area (Å²) in [6, 6.07) is 0. The number of aliphatic hydroxyl groups excluding tert-OH is 1. The van der Waals surface area contributed by atoms with E-state index in [0.717, 1.165) is 44.9 Å². The van der Waals surface area contributed by atoms with Crippen molar-refractivity contribution in [2.75, 3.05) is 6.61 Å². The van der Waals surface area contributed by atoms with E-state index < -0.39 is 5.97 Å². The number of carbonyl (C=O) groups excluding carboxylic acids is 1. The highest BCUT2D eigenvalue weighted by Crippen LogP contribution is 2.66. The van der Waals surface area contributed by atoms with Crippen LogP contribution in [-0.4, -0.2) is 28.6 Å². The predicted octanol–water partition coefficient (Wildman–Crippen LogP) is 3.19. The highest BCUT2D eigenvalue weighted by Gasteiger charge is 2.61. The summed E-state index contributed by atoms with van der Waals surface area (Å²) in [6.45, 7) is 2.33. The van der Waals surface area contributed by atoms with Crippen LogP contribution < -0.4 is 0 Å². The number of ketones is 1. The zero-order valence-corrected chi connectivity index (χ0v) is 14.5. The van der Waals surface area contributed by atoms with Gasteiger partial charge in [0.2, 0.25) is 0 Å². The number of fused-ring (bicyclic) bond motifs is 5. The Morgan fingerprint density at radius 3 is 2.67 bits per heavy atom. The lowest BCUT2D eigenvalue weighted by Crippen LogP contribution is -2.53. The summed E-state index contributed by atoms with van der Waals surface area (Å²) >= 11 is 0. The number of hydrogen-bond donors (Lipinski definition) is 2. The molecular weight excluding hydrogens is 304 g/mol. The van der Waals surface area contributed by atoms with Gasteiger partial charge < -0.3 is 10.2 Å². The fourth-order valence-corrected chi connectivity index (χ4v) is 7.06. The summed E-state index contributed by atoms with van der Waals surface area (Å²) in [5.74, 6) is 0.750. The Balaban J connectivity index is 1.69. The minimum atomic E-state index is -0.630. The lowest BCUT2D eigenvalue weighted by atomic mass is 9.46. The lowest BCUT2D eigenvalue weighted by Gasteiger charge is -2.58. The van der Waals surface area contributed by atoms with Crippen LogP contribution in [0.15, 0.2) is 11.6 Å². The molecule has 0 bridgehead atoms. The van der Waals surface area contributed by atoms with Gasteiger partial charge in [-0.3, -0.25) is 9.59 Å². The highest BCUT2D eigenvalue weighted by atomic mass is 16.4. The van der Waals surface area contributed by atoms with Crippen molar-refractivity contribution in [2.45, 2.75) is 58.3 Å². The van der Waals surface area contributed by atoms with Crippen LogP contribution >= 0.6 is 0 Å². The van der Waals surface area contributed by atoms with Gasteiger partial charge in [0.25, 0.3) is 0 Å². The van der Waals surface area contributed by atoms with Crippen LogP contribution in [-0.2, 0) is 9.59 Å². The van der Waals surface area contributed by atoms with Crippen molar-refractivity contribution in [2.24, 2.45) is 34.5 Å². The van der Waals surface area contributed by atoms with Gasteiger partial charge in [0, 0.05) is 11.8 Å². The molecule has 0 aromatic carbocycles. The van der Waals surface area contributed by atoms with Crippen molar-refractivity contribution in [3.05, 3.63) is 11.6 Å².